The largest absolute Gasteiger partial charge is 0.388 e. The Balaban J connectivity index is 2.73. The van der Waals surface area contributed by atoms with Crippen LogP contribution in [0.25, 0.3) is 0 Å². The van der Waals surface area contributed by atoms with Crippen molar-refractivity contribution in [3.63, 3.8) is 0 Å². The van der Waals surface area contributed by atoms with Crippen LogP contribution in [0.5, 0.6) is 0 Å². The van der Waals surface area contributed by atoms with Gasteiger partial charge in [0, 0.05) is 25.5 Å². The quantitative estimate of drug-likeness (QED) is 0.783. The van der Waals surface area contributed by atoms with Gasteiger partial charge in [-0.3, -0.25) is 4.79 Å². The zero-order valence-corrected chi connectivity index (χ0v) is 10.7. The van der Waals surface area contributed by atoms with Crippen molar-refractivity contribution in [2.45, 2.75) is 45.8 Å². The summed E-state index contributed by atoms with van der Waals surface area (Å²) in [5, 5.41) is 12.9. The Morgan fingerprint density at radius 2 is 2.24 bits per heavy atom. The number of aromatic nitrogens is 2. The standard InChI is InChI=1S/C12H21N3O2/c1-4-6-12(3,17)9-14-10-11(16)15(5-2)8-7-13-10/h7-8,17H,4-6,9H2,1-3H3,(H,13,14). The van der Waals surface area contributed by atoms with Crippen LogP contribution in [0.3, 0.4) is 0 Å². The monoisotopic (exact) mass is 239 g/mol. The van der Waals surface area contributed by atoms with Gasteiger partial charge in [0.05, 0.1) is 5.60 Å². The average Bonchev–Trinajstić information content (AvgIpc) is 2.28. The second kappa shape index (κ2) is 5.82. The van der Waals surface area contributed by atoms with E-state index < -0.39 is 5.60 Å². The summed E-state index contributed by atoms with van der Waals surface area (Å²) in [7, 11) is 0. The molecule has 96 valence electrons. The second-order valence-electron chi connectivity index (χ2n) is 4.47. The Kier molecular flexibility index (Phi) is 4.69. The Morgan fingerprint density at radius 1 is 1.53 bits per heavy atom. The summed E-state index contributed by atoms with van der Waals surface area (Å²) in [5.41, 5.74) is -0.960. The van der Waals surface area contributed by atoms with Crippen molar-refractivity contribution in [1.82, 2.24) is 9.55 Å². The van der Waals surface area contributed by atoms with Crippen molar-refractivity contribution >= 4 is 5.82 Å². The van der Waals surface area contributed by atoms with Gasteiger partial charge in [0.2, 0.25) is 0 Å². The fourth-order valence-corrected chi connectivity index (χ4v) is 1.72. The minimum Gasteiger partial charge on any atom is -0.388 e. The molecule has 0 spiro atoms. The lowest BCUT2D eigenvalue weighted by Gasteiger charge is -2.23. The predicted molar refractivity (Wildman–Crippen MR) is 68.2 cm³/mol. The van der Waals surface area contributed by atoms with Gasteiger partial charge < -0.3 is 15.0 Å². The normalized spacial score (nSPS) is 14.4. The third-order valence-electron chi connectivity index (χ3n) is 2.68. The molecule has 0 aliphatic rings. The zero-order chi connectivity index (χ0) is 12.9. The number of aryl methyl sites for hydroxylation is 1. The fraction of sp³-hybridized carbons (Fsp3) is 0.667. The molecule has 1 aromatic rings. The first-order valence-corrected chi connectivity index (χ1v) is 6.02. The lowest BCUT2D eigenvalue weighted by atomic mass is 10.0. The molecule has 0 saturated carbocycles. The molecule has 5 heteroatoms. The fourth-order valence-electron chi connectivity index (χ4n) is 1.72. The summed E-state index contributed by atoms with van der Waals surface area (Å²) in [4.78, 5) is 15.8. The molecule has 1 aromatic heterocycles. The summed E-state index contributed by atoms with van der Waals surface area (Å²) in [6, 6.07) is 0. The highest BCUT2D eigenvalue weighted by Crippen LogP contribution is 2.11. The highest BCUT2D eigenvalue weighted by molar-refractivity contribution is 5.31. The van der Waals surface area contributed by atoms with Crippen molar-refractivity contribution in [2.75, 3.05) is 11.9 Å². The van der Waals surface area contributed by atoms with Gasteiger partial charge in [0.1, 0.15) is 0 Å². The van der Waals surface area contributed by atoms with Crippen molar-refractivity contribution in [2.24, 2.45) is 0 Å². The van der Waals surface area contributed by atoms with Crippen LogP contribution in [0.4, 0.5) is 5.82 Å². The third-order valence-corrected chi connectivity index (χ3v) is 2.68. The molecule has 0 bridgehead atoms. The van der Waals surface area contributed by atoms with E-state index in [0.29, 0.717) is 25.3 Å². The first kappa shape index (κ1) is 13.7. The highest BCUT2D eigenvalue weighted by Gasteiger charge is 2.19. The Hall–Kier alpha value is -1.36. The molecule has 1 heterocycles. The molecule has 0 radical (unpaired) electrons. The second-order valence-corrected chi connectivity index (χ2v) is 4.47. The van der Waals surface area contributed by atoms with E-state index in [1.54, 1.807) is 23.9 Å². The van der Waals surface area contributed by atoms with E-state index in [2.05, 4.69) is 10.3 Å². The van der Waals surface area contributed by atoms with Crippen molar-refractivity contribution in [3.8, 4) is 0 Å². The maximum Gasteiger partial charge on any atom is 0.293 e. The van der Waals surface area contributed by atoms with E-state index in [1.165, 1.54) is 0 Å². The molecule has 1 atom stereocenters. The zero-order valence-electron chi connectivity index (χ0n) is 10.7. The maximum atomic E-state index is 11.8. The third kappa shape index (κ3) is 3.85. The first-order chi connectivity index (χ1) is 8.00. The average molecular weight is 239 g/mol. The van der Waals surface area contributed by atoms with E-state index in [1.807, 2.05) is 13.8 Å². The van der Waals surface area contributed by atoms with Crippen LogP contribution in [0.2, 0.25) is 0 Å². The molecule has 0 aliphatic heterocycles. The molecular weight excluding hydrogens is 218 g/mol. The van der Waals surface area contributed by atoms with E-state index in [0.717, 1.165) is 6.42 Å². The number of aliphatic hydroxyl groups is 1. The minimum atomic E-state index is -0.810. The van der Waals surface area contributed by atoms with Gasteiger partial charge in [0.15, 0.2) is 5.82 Å². The number of nitrogens with zero attached hydrogens (tertiary/aromatic N) is 2. The molecule has 0 aliphatic carbocycles. The number of nitrogens with one attached hydrogen (secondary N) is 1. The van der Waals surface area contributed by atoms with Crippen LogP contribution in [-0.2, 0) is 6.54 Å². The van der Waals surface area contributed by atoms with Crippen molar-refractivity contribution in [1.29, 1.82) is 0 Å². The van der Waals surface area contributed by atoms with E-state index >= 15 is 0 Å². The van der Waals surface area contributed by atoms with E-state index in [4.69, 9.17) is 0 Å². The van der Waals surface area contributed by atoms with Gasteiger partial charge in [0.25, 0.3) is 5.56 Å². The smallest absolute Gasteiger partial charge is 0.293 e. The summed E-state index contributed by atoms with van der Waals surface area (Å²) in [6.07, 6.45) is 4.82. The molecule has 0 saturated heterocycles. The van der Waals surface area contributed by atoms with E-state index in [9.17, 15) is 9.90 Å². The summed E-state index contributed by atoms with van der Waals surface area (Å²) >= 11 is 0. The lowest BCUT2D eigenvalue weighted by molar-refractivity contribution is 0.0635. The van der Waals surface area contributed by atoms with Gasteiger partial charge in [-0.2, -0.15) is 0 Å². The molecule has 1 unspecified atom stereocenters. The van der Waals surface area contributed by atoms with Gasteiger partial charge in [-0.1, -0.05) is 13.3 Å². The molecular formula is C12H21N3O2. The molecule has 1 rings (SSSR count). The Morgan fingerprint density at radius 3 is 2.82 bits per heavy atom. The Labute approximate surface area is 102 Å². The molecule has 0 aromatic carbocycles. The Bertz CT molecular complexity index is 412. The van der Waals surface area contributed by atoms with E-state index in [-0.39, 0.29) is 5.56 Å². The maximum absolute atomic E-state index is 11.8. The van der Waals surface area contributed by atoms with Crippen LogP contribution >= 0.6 is 0 Å². The van der Waals surface area contributed by atoms with Crippen LogP contribution < -0.4 is 10.9 Å². The van der Waals surface area contributed by atoms with Crippen LogP contribution in [-0.4, -0.2) is 26.8 Å². The summed E-state index contributed by atoms with van der Waals surface area (Å²) in [5.74, 6) is 0.297. The van der Waals surface area contributed by atoms with Crippen molar-refractivity contribution in [3.05, 3.63) is 22.7 Å². The summed E-state index contributed by atoms with van der Waals surface area (Å²) < 4.78 is 1.57. The summed E-state index contributed by atoms with van der Waals surface area (Å²) in [6.45, 7) is 6.61. The predicted octanol–water partition coefficient (Wildman–Crippen LogP) is 1.23. The SMILES string of the molecule is CCCC(C)(O)CNc1nccn(CC)c1=O. The molecule has 5 nitrogen and oxygen atoms in total. The number of rotatable bonds is 6. The lowest BCUT2D eigenvalue weighted by Crippen LogP contribution is -2.35. The topological polar surface area (TPSA) is 67.2 Å². The van der Waals surface area contributed by atoms with Crippen LogP contribution in [0.15, 0.2) is 17.2 Å². The molecule has 17 heavy (non-hydrogen) atoms. The number of hydrogen-bond acceptors (Lipinski definition) is 4. The van der Waals surface area contributed by atoms with Crippen LogP contribution in [0, 0.1) is 0 Å². The van der Waals surface area contributed by atoms with Gasteiger partial charge in [-0.25, -0.2) is 4.98 Å². The first-order valence-electron chi connectivity index (χ1n) is 6.02. The molecule has 2 N–H and O–H groups in total. The van der Waals surface area contributed by atoms with Gasteiger partial charge >= 0.3 is 0 Å². The highest BCUT2D eigenvalue weighted by atomic mass is 16.3. The van der Waals surface area contributed by atoms with Gasteiger partial charge in [-0.15, -0.1) is 0 Å². The van der Waals surface area contributed by atoms with Crippen LogP contribution in [0.1, 0.15) is 33.6 Å². The van der Waals surface area contributed by atoms with Gasteiger partial charge in [-0.05, 0) is 20.3 Å². The van der Waals surface area contributed by atoms with Crippen molar-refractivity contribution < 1.29 is 5.11 Å². The number of anilines is 1. The number of hydrogen-bond donors (Lipinski definition) is 2. The minimum absolute atomic E-state index is 0.151. The molecule has 0 fully saturated rings. The molecule has 0 amide bonds.